The number of amides is 2. The molecule has 1 aromatic heterocycles. The lowest BCUT2D eigenvalue weighted by Gasteiger charge is -2.19. The third kappa shape index (κ3) is 6.53. The van der Waals surface area contributed by atoms with Crippen molar-refractivity contribution >= 4 is 17.8 Å². The topological polar surface area (TPSA) is 102 Å². The molecule has 0 saturated carbocycles. The summed E-state index contributed by atoms with van der Waals surface area (Å²) in [6, 6.07) is 16.1. The van der Waals surface area contributed by atoms with Crippen molar-refractivity contribution in [2.24, 2.45) is 0 Å². The number of hydrogen-bond acceptors (Lipinski definition) is 6. The summed E-state index contributed by atoms with van der Waals surface area (Å²) in [5, 5.41) is 5.47. The first-order chi connectivity index (χ1) is 15.2. The molecule has 3 aromatic rings. The Morgan fingerprint density at radius 1 is 1.00 bits per heavy atom. The van der Waals surface area contributed by atoms with Crippen molar-refractivity contribution in [3.63, 3.8) is 0 Å². The Balaban J connectivity index is 1.66. The fourth-order valence-corrected chi connectivity index (χ4v) is 2.84. The molecular formula is C24H26N4O4. The molecule has 2 aromatic carbocycles. The van der Waals surface area contributed by atoms with E-state index >= 15 is 0 Å². The minimum atomic E-state index is -0.575. The van der Waals surface area contributed by atoms with E-state index in [-0.39, 0.29) is 12.5 Å². The van der Waals surface area contributed by atoms with Crippen molar-refractivity contribution in [2.45, 2.75) is 32.9 Å². The van der Waals surface area contributed by atoms with Crippen LogP contribution in [0.3, 0.4) is 0 Å². The quantitative estimate of drug-likeness (QED) is 0.595. The summed E-state index contributed by atoms with van der Waals surface area (Å²) in [4.78, 5) is 33.0. The molecule has 3 rings (SSSR count). The number of benzene rings is 2. The predicted octanol–water partition coefficient (Wildman–Crippen LogP) is 4.43. The lowest BCUT2D eigenvalue weighted by atomic mass is 10.1. The average Bonchev–Trinajstić information content (AvgIpc) is 2.77. The fraction of sp³-hybridized carbons (Fsp3) is 0.250. The van der Waals surface area contributed by atoms with Crippen LogP contribution in [0.25, 0.3) is 11.3 Å². The molecule has 166 valence electrons. The Labute approximate surface area is 187 Å². The molecule has 0 spiro atoms. The van der Waals surface area contributed by atoms with Crippen LogP contribution < -0.4 is 15.4 Å². The van der Waals surface area contributed by atoms with Crippen LogP contribution in [0.15, 0.2) is 60.9 Å². The number of methoxy groups -OCH3 is 1. The van der Waals surface area contributed by atoms with Gasteiger partial charge >= 0.3 is 6.09 Å². The van der Waals surface area contributed by atoms with Crippen molar-refractivity contribution in [3.8, 4) is 17.0 Å². The molecule has 0 fully saturated rings. The molecule has 0 aliphatic rings. The van der Waals surface area contributed by atoms with Crippen LogP contribution in [0.5, 0.6) is 5.75 Å². The maximum atomic E-state index is 12.7. The molecule has 2 amide bonds. The number of hydrogen-bond donors (Lipinski definition) is 2. The Kier molecular flexibility index (Phi) is 7.04. The highest BCUT2D eigenvalue weighted by molar-refractivity contribution is 6.04. The molecule has 0 aliphatic carbocycles. The molecule has 2 N–H and O–H groups in total. The van der Waals surface area contributed by atoms with Crippen molar-refractivity contribution < 1.29 is 19.1 Å². The summed E-state index contributed by atoms with van der Waals surface area (Å²) in [5.41, 5.74) is 2.18. The number of nitrogens with one attached hydrogen (secondary N) is 2. The summed E-state index contributed by atoms with van der Waals surface area (Å²) in [7, 11) is 1.61. The Bertz CT molecular complexity index is 1090. The maximum absolute atomic E-state index is 12.7. The summed E-state index contributed by atoms with van der Waals surface area (Å²) in [6.45, 7) is 5.63. The minimum absolute atomic E-state index is 0.241. The maximum Gasteiger partial charge on any atom is 0.407 e. The number of alkyl carbamates (subject to hydrolysis) is 1. The highest BCUT2D eigenvalue weighted by Gasteiger charge is 2.16. The van der Waals surface area contributed by atoms with Gasteiger partial charge in [0.15, 0.2) is 0 Å². The van der Waals surface area contributed by atoms with Gasteiger partial charge in [-0.3, -0.25) is 4.79 Å². The third-order valence-electron chi connectivity index (χ3n) is 4.32. The number of rotatable bonds is 6. The average molecular weight is 434 g/mol. The zero-order valence-corrected chi connectivity index (χ0v) is 18.5. The van der Waals surface area contributed by atoms with Gasteiger partial charge in [0.1, 0.15) is 23.5 Å². The fourth-order valence-electron chi connectivity index (χ4n) is 2.84. The van der Waals surface area contributed by atoms with Gasteiger partial charge in [-0.2, -0.15) is 0 Å². The predicted molar refractivity (Wildman–Crippen MR) is 121 cm³/mol. The van der Waals surface area contributed by atoms with Gasteiger partial charge in [-0.25, -0.2) is 14.8 Å². The number of ether oxygens (including phenoxy) is 2. The number of aromatic nitrogens is 2. The second kappa shape index (κ2) is 9.91. The number of anilines is 1. The van der Waals surface area contributed by atoms with E-state index in [0.29, 0.717) is 17.1 Å². The van der Waals surface area contributed by atoms with Crippen molar-refractivity contribution in [2.75, 3.05) is 12.4 Å². The zero-order chi connectivity index (χ0) is 23.1. The third-order valence-corrected chi connectivity index (χ3v) is 4.32. The van der Waals surface area contributed by atoms with Crippen molar-refractivity contribution in [1.82, 2.24) is 15.3 Å². The molecular weight excluding hydrogens is 408 g/mol. The molecule has 0 radical (unpaired) electrons. The second-order valence-electron chi connectivity index (χ2n) is 8.03. The van der Waals surface area contributed by atoms with Gasteiger partial charge in [0.05, 0.1) is 12.8 Å². The molecule has 0 atom stereocenters. The van der Waals surface area contributed by atoms with Gasteiger partial charge in [0.2, 0.25) is 0 Å². The normalized spacial score (nSPS) is 10.9. The van der Waals surface area contributed by atoms with E-state index in [1.54, 1.807) is 52.1 Å². The summed E-state index contributed by atoms with van der Waals surface area (Å²) < 4.78 is 10.4. The van der Waals surface area contributed by atoms with Gasteiger partial charge in [0, 0.05) is 23.7 Å². The Hall–Kier alpha value is -3.94. The van der Waals surface area contributed by atoms with Crippen LogP contribution in [0.2, 0.25) is 0 Å². The molecule has 0 unspecified atom stereocenters. The van der Waals surface area contributed by atoms with E-state index in [0.717, 1.165) is 16.9 Å². The van der Waals surface area contributed by atoms with Gasteiger partial charge < -0.3 is 20.1 Å². The van der Waals surface area contributed by atoms with Crippen LogP contribution in [0, 0.1) is 0 Å². The first-order valence-corrected chi connectivity index (χ1v) is 10.1. The number of carbonyl (C=O) groups is 2. The zero-order valence-electron chi connectivity index (χ0n) is 18.5. The molecule has 0 bridgehead atoms. The Morgan fingerprint density at radius 3 is 2.44 bits per heavy atom. The second-order valence-corrected chi connectivity index (χ2v) is 8.03. The molecule has 8 nitrogen and oxygen atoms in total. The summed E-state index contributed by atoms with van der Waals surface area (Å²) in [5.74, 6) is 0.814. The van der Waals surface area contributed by atoms with Gasteiger partial charge in [0.25, 0.3) is 5.91 Å². The van der Waals surface area contributed by atoms with E-state index in [4.69, 9.17) is 9.47 Å². The van der Waals surface area contributed by atoms with Gasteiger partial charge in [-0.15, -0.1) is 0 Å². The summed E-state index contributed by atoms with van der Waals surface area (Å²) >= 11 is 0. The largest absolute Gasteiger partial charge is 0.497 e. The van der Waals surface area contributed by atoms with Crippen molar-refractivity contribution in [1.29, 1.82) is 0 Å². The van der Waals surface area contributed by atoms with Crippen LogP contribution in [-0.2, 0) is 11.3 Å². The summed E-state index contributed by atoms with van der Waals surface area (Å²) in [6.07, 6.45) is 0.885. The Morgan fingerprint density at radius 2 is 1.75 bits per heavy atom. The monoisotopic (exact) mass is 434 g/mol. The van der Waals surface area contributed by atoms with E-state index in [1.807, 2.05) is 30.3 Å². The highest BCUT2D eigenvalue weighted by atomic mass is 16.6. The lowest BCUT2D eigenvalue weighted by Crippen LogP contribution is -2.32. The van der Waals surface area contributed by atoms with Crippen LogP contribution >= 0.6 is 0 Å². The standard InChI is InChI=1S/C24H26N4O4/c1-24(2,3)32-23(30)25-14-16-6-5-7-18(12-16)22(29)28-21-13-20(26-15-27-21)17-8-10-19(31-4)11-9-17/h5-13,15H,14H2,1-4H3,(H,25,30)(H,26,27,28,29). The molecule has 32 heavy (non-hydrogen) atoms. The molecule has 8 heteroatoms. The van der Waals surface area contributed by atoms with Gasteiger partial charge in [-0.05, 0) is 62.7 Å². The van der Waals surface area contributed by atoms with Crippen LogP contribution in [0.4, 0.5) is 10.6 Å². The number of carbonyl (C=O) groups excluding carboxylic acids is 2. The van der Waals surface area contributed by atoms with Crippen LogP contribution in [0.1, 0.15) is 36.7 Å². The first kappa shape index (κ1) is 22.7. The smallest absolute Gasteiger partial charge is 0.407 e. The SMILES string of the molecule is COc1ccc(-c2cc(NC(=O)c3cccc(CNC(=O)OC(C)(C)C)c3)ncn2)cc1. The van der Waals surface area contributed by atoms with E-state index in [2.05, 4.69) is 20.6 Å². The lowest BCUT2D eigenvalue weighted by molar-refractivity contribution is 0.0523. The van der Waals surface area contributed by atoms with Crippen molar-refractivity contribution in [3.05, 3.63) is 72.1 Å². The minimum Gasteiger partial charge on any atom is -0.497 e. The van der Waals surface area contributed by atoms with E-state index < -0.39 is 11.7 Å². The number of nitrogens with zero attached hydrogens (tertiary/aromatic N) is 2. The van der Waals surface area contributed by atoms with Gasteiger partial charge in [-0.1, -0.05) is 12.1 Å². The van der Waals surface area contributed by atoms with E-state index in [1.165, 1.54) is 6.33 Å². The van der Waals surface area contributed by atoms with E-state index in [9.17, 15) is 9.59 Å². The highest BCUT2D eigenvalue weighted by Crippen LogP contribution is 2.22. The molecule has 1 heterocycles. The molecule has 0 saturated heterocycles. The first-order valence-electron chi connectivity index (χ1n) is 10.1. The molecule has 0 aliphatic heterocycles. The van der Waals surface area contributed by atoms with Crippen LogP contribution in [-0.4, -0.2) is 34.7 Å².